The number of benzene rings is 2. The summed E-state index contributed by atoms with van der Waals surface area (Å²) in [6, 6.07) is 14.9. The van der Waals surface area contributed by atoms with E-state index in [4.69, 9.17) is 9.84 Å². The Bertz CT molecular complexity index is 1050. The van der Waals surface area contributed by atoms with Crippen molar-refractivity contribution in [2.45, 2.75) is 39.3 Å². The predicted octanol–water partition coefficient (Wildman–Crippen LogP) is 2.16. The first kappa shape index (κ1) is 22.7. The second-order valence-corrected chi connectivity index (χ2v) is 7.67. The van der Waals surface area contributed by atoms with Gasteiger partial charge in [0, 0.05) is 18.3 Å². The molecule has 1 heterocycles. The molecule has 0 bridgehead atoms. The molecule has 3 rings (SSSR count). The molecule has 0 aromatic heterocycles. The van der Waals surface area contributed by atoms with Crippen molar-refractivity contribution in [3.8, 4) is 0 Å². The fraction of sp³-hybridized carbons (Fsp3) is 0.360. The second kappa shape index (κ2) is 10.4. The fourth-order valence-corrected chi connectivity index (χ4v) is 3.98. The zero-order chi connectivity index (χ0) is 22.4. The summed E-state index contributed by atoms with van der Waals surface area (Å²) in [5.74, 6) is -1.11. The molecule has 0 radical (unpaired) electrons. The quantitative estimate of drug-likeness (QED) is 0.715. The van der Waals surface area contributed by atoms with Gasteiger partial charge in [-0.15, -0.1) is 0 Å². The number of anilines is 1. The minimum atomic E-state index is -0.985. The summed E-state index contributed by atoms with van der Waals surface area (Å²) < 4.78 is 5.76. The first-order chi connectivity index (χ1) is 14.9. The number of amides is 1. The number of carbonyl (C=O) groups excluding carboxylic acids is 1. The Morgan fingerprint density at radius 1 is 1.26 bits per heavy atom. The number of carboxylic acid groups (broad SMARTS) is 1. The van der Waals surface area contributed by atoms with Crippen LogP contribution in [0.3, 0.4) is 0 Å². The molecule has 1 unspecified atom stereocenters. The van der Waals surface area contributed by atoms with Crippen molar-refractivity contribution in [2.24, 2.45) is 0 Å². The van der Waals surface area contributed by atoms with Crippen LogP contribution in [-0.2, 0) is 9.53 Å². The van der Waals surface area contributed by atoms with Gasteiger partial charge in [-0.3, -0.25) is 4.79 Å². The number of nitrogens with zero attached hydrogens (tertiary/aromatic N) is 1. The third kappa shape index (κ3) is 5.40. The minimum Gasteiger partial charge on any atom is -0.478 e. The molecule has 0 spiro atoms. The summed E-state index contributed by atoms with van der Waals surface area (Å²) in [5.41, 5.74) is 2.22. The van der Waals surface area contributed by atoms with Crippen molar-refractivity contribution >= 4 is 29.2 Å². The normalized spacial score (nSPS) is 19.3. The Hall–Kier alpha value is -2.96. The fourth-order valence-electron chi connectivity index (χ4n) is 3.98. The lowest BCUT2D eigenvalue weighted by molar-refractivity contribution is -0.129. The first-order valence-corrected chi connectivity index (χ1v) is 10.7. The van der Waals surface area contributed by atoms with Gasteiger partial charge < -0.3 is 20.1 Å². The molecule has 0 aliphatic carbocycles. The van der Waals surface area contributed by atoms with Gasteiger partial charge in [0.1, 0.15) is 6.61 Å². The van der Waals surface area contributed by atoms with Crippen LogP contribution in [0.25, 0.3) is 11.6 Å². The lowest BCUT2D eigenvalue weighted by Gasteiger charge is -2.33. The number of aromatic carboxylic acids is 1. The van der Waals surface area contributed by atoms with Crippen LogP contribution in [-0.4, -0.2) is 48.8 Å². The van der Waals surface area contributed by atoms with Gasteiger partial charge in [-0.05, 0) is 60.5 Å². The highest BCUT2D eigenvalue weighted by atomic mass is 16.5. The Morgan fingerprint density at radius 3 is 2.61 bits per heavy atom. The number of ether oxygens (including phenoxy) is 1. The molecule has 1 saturated heterocycles. The van der Waals surface area contributed by atoms with Gasteiger partial charge in [-0.25, -0.2) is 4.79 Å². The molecular formula is C25H30N2O4. The summed E-state index contributed by atoms with van der Waals surface area (Å²) in [6.45, 7) is 7.42. The third-order valence-corrected chi connectivity index (χ3v) is 5.73. The molecule has 1 aliphatic heterocycles. The molecule has 2 N–H and O–H groups in total. The van der Waals surface area contributed by atoms with Crippen molar-refractivity contribution in [1.82, 2.24) is 5.32 Å². The van der Waals surface area contributed by atoms with Gasteiger partial charge in [-0.2, -0.15) is 0 Å². The molecule has 31 heavy (non-hydrogen) atoms. The van der Waals surface area contributed by atoms with Gasteiger partial charge in [0.05, 0.1) is 18.2 Å². The molecule has 1 aliphatic rings. The van der Waals surface area contributed by atoms with Crippen LogP contribution in [0.4, 0.5) is 5.69 Å². The average molecular weight is 423 g/mol. The van der Waals surface area contributed by atoms with Gasteiger partial charge in [0.2, 0.25) is 0 Å². The molecule has 2 aromatic carbocycles. The van der Waals surface area contributed by atoms with Gasteiger partial charge in [-0.1, -0.05) is 37.3 Å². The molecule has 1 fully saturated rings. The zero-order valence-corrected chi connectivity index (χ0v) is 18.3. The van der Waals surface area contributed by atoms with E-state index in [2.05, 4.69) is 56.4 Å². The summed E-state index contributed by atoms with van der Waals surface area (Å²) in [4.78, 5) is 25.1. The monoisotopic (exact) mass is 422 g/mol. The molecular weight excluding hydrogens is 392 g/mol. The Morgan fingerprint density at radius 2 is 1.97 bits per heavy atom. The Balaban J connectivity index is 1.70. The predicted molar refractivity (Wildman–Crippen MR) is 122 cm³/mol. The van der Waals surface area contributed by atoms with Crippen LogP contribution in [0.2, 0.25) is 0 Å². The Kier molecular flexibility index (Phi) is 7.60. The molecule has 2 aromatic rings. The molecule has 1 amide bonds. The smallest absolute Gasteiger partial charge is 0.335 e. The number of nitrogens with one attached hydrogen (secondary N) is 1. The summed E-state index contributed by atoms with van der Waals surface area (Å²) in [7, 11) is 0. The van der Waals surface area contributed by atoms with Crippen LogP contribution in [0.1, 0.15) is 37.6 Å². The number of morpholine rings is 1. The number of carbonyl (C=O) groups is 2. The molecule has 2 atom stereocenters. The van der Waals surface area contributed by atoms with E-state index >= 15 is 0 Å². The van der Waals surface area contributed by atoms with Crippen molar-refractivity contribution < 1.29 is 19.4 Å². The Labute approximate surface area is 182 Å². The van der Waals surface area contributed by atoms with E-state index in [1.807, 2.05) is 0 Å². The largest absolute Gasteiger partial charge is 0.478 e. The maximum Gasteiger partial charge on any atom is 0.335 e. The summed E-state index contributed by atoms with van der Waals surface area (Å²) >= 11 is 0. The molecule has 6 nitrogen and oxygen atoms in total. The van der Waals surface area contributed by atoms with E-state index in [1.165, 1.54) is 28.1 Å². The van der Waals surface area contributed by atoms with E-state index in [1.54, 1.807) is 17.0 Å². The highest BCUT2D eigenvalue weighted by molar-refractivity contribution is 5.95. The lowest BCUT2D eigenvalue weighted by Crippen LogP contribution is -2.51. The maximum atomic E-state index is 12.4. The van der Waals surface area contributed by atoms with E-state index in [9.17, 15) is 9.59 Å². The number of hydrogen-bond acceptors (Lipinski definition) is 4. The second-order valence-electron chi connectivity index (χ2n) is 7.67. The van der Waals surface area contributed by atoms with E-state index < -0.39 is 5.97 Å². The van der Waals surface area contributed by atoms with Crippen molar-refractivity contribution in [3.63, 3.8) is 0 Å². The lowest BCUT2D eigenvalue weighted by atomic mass is 10.0. The summed E-state index contributed by atoms with van der Waals surface area (Å²) in [5, 5.41) is 15.1. The van der Waals surface area contributed by atoms with Crippen molar-refractivity contribution in [1.29, 1.82) is 0 Å². The molecule has 164 valence electrons. The highest BCUT2D eigenvalue weighted by Crippen LogP contribution is 2.19. The van der Waals surface area contributed by atoms with Crippen LogP contribution in [0, 0.1) is 0 Å². The van der Waals surface area contributed by atoms with Crippen LogP contribution in [0.5, 0.6) is 0 Å². The summed E-state index contributed by atoms with van der Waals surface area (Å²) in [6.07, 6.45) is 2.91. The van der Waals surface area contributed by atoms with E-state index in [0.717, 1.165) is 6.42 Å². The van der Waals surface area contributed by atoms with Crippen LogP contribution in [0.15, 0.2) is 48.5 Å². The first-order valence-electron chi connectivity index (χ1n) is 10.7. The highest BCUT2D eigenvalue weighted by Gasteiger charge is 2.28. The van der Waals surface area contributed by atoms with E-state index in [-0.39, 0.29) is 30.2 Å². The molecule has 0 saturated carbocycles. The van der Waals surface area contributed by atoms with Crippen molar-refractivity contribution in [2.75, 3.05) is 24.6 Å². The van der Waals surface area contributed by atoms with Gasteiger partial charge in [0.25, 0.3) is 5.91 Å². The van der Waals surface area contributed by atoms with Crippen LogP contribution >= 0.6 is 0 Å². The third-order valence-electron chi connectivity index (χ3n) is 5.73. The standard InChI is InChI=1S/C25H30N2O4/c1-4-18-8-6-7-9-23(18)22(5-2)17(3)26-14-21-15-27(24(28)16-31-21)20-12-10-19(11-13-20)25(29)30/h4,6-13,17,21,26H,5,14-16H2,1-3H3,(H,29,30)/b18-4-,23-22+/t17-,21?/m1/s1. The maximum absolute atomic E-state index is 12.4. The van der Waals surface area contributed by atoms with Crippen LogP contribution < -0.4 is 20.7 Å². The van der Waals surface area contributed by atoms with E-state index in [0.29, 0.717) is 18.8 Å². The van der Waals surface area contributed by atoms with Gasteiger partial charge in [0.15, 0.2) is 0 Å². The zero-order valence-electron chi connectivity index (χ0n) is 18.3. The van der Waals surface area contributed by atoms with Gasteiger partial charge >= 0.3 is 5.97 Å². The van der Waals surface area contributed by atoms with Crippen molar-refractivity contribution in [3.05, 3.63) is 64.5 Å². The average Bonchev–Trinajstić information content (AvgIpc) is 2.79. The number of hydrogen-bond donors (Lipinski definition) is 2. The molecule has 6 heteroatoms. The topological polar surface area (TPSA) is 78.9 Å². The number of rotatable bonds is 7. The minimum absolute atomic E-state index is 0.0133. The SMILES string of the molecule is C/C=c1/cccc/c1=C(/CC)[C@@H](C)NCC1CN(c2ccc(C(=O)O)cc2)C(=O)CO1. The number of carboxylic acids is 1.